The molecular weight excluding hydrogens is 448 g/mol. The Bertz CT molecular complexity index is 959. The number of amides is 1. The Labute approximate surface area is 188 Å². The van der Waals surface area contributed by atoms with E-state index >= 15 is 0 Å². The van der Waals surface area contributed by atoms with Crippen LogP contribution in [0, 0.1) is 0 Å². The van der Waals surface area contributed by atoms with Crippen LogP contribution in [0.25, 0.3) is 0 Å². The minimum Gasteiger partial charge on any atom is -0.462 e. The van der Waals surface area contributed by atoms with E-state index in [-0.39, 0.29) is 11.1 Å². The van der Waals surface area contributed by atoms with Gasteiger partial charge in [-0.15, -0.1) is 23.1 Å². The smallest absolute Gasteiger partial charge is 0.341 e. The van der Waals surface area contributed by atoms with E-state index in [1.54, 1.807) is 19.1 Å². The summed E-state index contributed by atoms with van der Waals surface area (Å²) in [5.41, 5.74) is 1.91. The summed E-state index contributed by atoms with van der Waals surface area (Å²) in [5.74, 6) is -0.762. The first-order valence-electron chi connectivity index (χ1n) is 9.22. The molecule has 0 fully saturated rings. The van der Waals surface area contributed by atoms with Crippen LogP contribution in [0.2, 0.25) is 5.02 Å². The van der Waals surface area contributed by atoms with Crippen LogP contribution in [0.1, 0.15) is 50.9 Å². The molecule has 1 aliphatic carbocycles. The molecule has 0 saturated carbocycles. The van der Waals surface area contributed by atoms with Crippen LogP contribution in [0.4, 0.5) is 5.00 Å². The number of anilines is 1. The Morgan fingerprint density at radius 3 is 2.79 bits per heavy atom. The van der Waals surface area contributed by atoms with E-state index in [4.69, 9.17) is 28.6 Å². The van der Waals surface area contributed by atoms with Crippen LogP contribution < -0.4 is 10.6 Å². The summed E-state index contributed by atoms with van der Waals surface area (Å²) >= 11 is 14.5. The molecule has 0 bridgehead atoms. The van der Waals surface area contributed by atoms with Gasteiger partial charge >= 0.3 is 5.97 Å². The van der Waals surface area contributed by atoms with Gasteiger partial charge in [-0.1, -0.05) is 11.6 Å². The molecule has 1 aliphatic rings. The molecule has 2 N–H and O–H groups in total. The molecule has 9 heteroatoms. The minimum atomic E-state index is -0.401. The van der Waals surface area contributed by atoms with Gasteiger partial charge in [0.25, 0.3) is 5.91 Å². The highest BCUT2D eigenvalue weighted by molar-refractivity contribution is 7.98. The number of nitrogens with one attached hydrogen (secondary N) is 2. The molecule has 1 heterocycles. The van der Waals surface area contributed by atoms with E-state index in [1.165, 1.54) is 28.0 Å². The number of benzene rings is 1. The standard InChI is InChI=1S/C20H21ClN2O3S3/c1-3-26-19(25)16-12-6-4-5-7-15(12)29-18(16)23-20(27)22-17(24)13-10-11(28-2)8-9-14(13)21/h8-10H,3-7H2,1-2H3,(H2,22,23,24,27). The van der Waals surface area contributed by atoms with Gasteiger partial charge in [0.2, 0.25) is 0 Å². The van der Waals surface area contributed by atoms with Crippen LogP contribution in [-0.4, -0.2) is 29.9 Å². The third-order valence-corrected chi connectivity index (χ3v) is 6.99. The molecule has 1 amide bonds. The largest absolute Gasteiger partial charge is 0.462 e. The summed E-state index contributed by atoms with van der Waals surface area (Å²) < 4.78 is 5.24. The summed E-state index contributed by atoms with van der Waals surface area (Å²) in [4.78, 5) is 27.3. The van der Waals surface area contributed by atoms with Gasteiger partial charge in [0.05, 0.1) is 22.8 Å². The van der Waals surface area contributed by atoms with Crippen LogP contribution in [0.3, 0.4) is 0 Å². The number of carbonyl (C=O) groups is 2. The van der Waals surface area contributed by atoms with Gasteiger partial charge in [0.1, 0.15) is 5.00 Å². The van der Waals surface area contributed by atoms with Crippen LogP contribution >= 0.6 is 46.9 Å². The molecule has 0 aliphatic heterocycles. The van der Waals surface area contributed by atoms with Crippen LogP contribution in [0.15, 0.2) is 23.1 Å². The van der Waals surface area contributed by atoms with Crippen molar-refractivity contribution in [3.8, 4) is 0 Å². The maximum Gasteiger partial charge on any atom is 0.341 e. The second kappa shape index (κ2) is 9.93. The fourth-order valence-corrected chi connectivity index (χ4v) is 5.37. The lowest BCUT2D eigenvalue weighted by Crippen LogP contribution is -2.34. The van der Waals surface area contributed by atoms with E-state index in [9.17, 15) is 9.59 Å². The molecule has 2 aromatic rings. The Hall–Kier alpha value is -1.61. The van der Waals surface area contributed by atoms with Crippen molar-refractivity contribution in [2.75, 3.05) is 18.2 Å². The highest BCUT2D eigenvalue weighted by Crippen LogP contribution is 2.38. The number of hydrogen-bond donors (Lipinski definition) is 2. The average molecular weight is 469 g/mol. The lowest BCUT2D eigenvalue weighted by molar-refractivity contribution is 0.0526. The number of thiophene rings is 1. The number of aryl methyl sites for hydroxylation is 1. The monoisotopic (exact) mass is 468 g/mol. The zero-order valence-corrected chi connectivity index (χ0v) is 19.3. The predicted octanol–water partition coefficient (Wildman–Crippen LogP) is 5.31. The number of thioether (sulfide) groups is 1. The van der Waals surface area contributed by atoms with Gasteiger partial charge in [-0.2, -0.15) is 0 Å². The van der Waals surface area contributed by atoms with Crippen molar-refractivity contribution in [2.24, 2.45) is 0 Å². The second-order valence-corrected chi connectivity index (χ2v) is 9.19. The Kier molecular flexibility index (Phi) is 7.56. The van der Waals surface area contributed by atoms with E-state index < -0.39 is 5.91 Å². The van der Waals surface area contributed by atoms with Crippen molar-refractivity contribution in [1.29, 1.82) is 0 Å². The average Bonchev–Trinajstić information content (AvgIpc) is 3.06. The van der Waals surface area contributed by atoms with E-state index in [0.29, 0.717) is 27.8 Å². The first kappa shape index (κ1) is 22.1. The van der Waals surface area contributed by atoms with Gasteiger partial charge in [-0.05, 0) is 74.8 Å². The number of thiocarbonyl (C=S) groups is 1. The summed E-state index contributed by atoms with van der Waals surface area (Å²) in [6.45, 7) is 2.08. The molecule has 0 saturated heterocycles. The number of esters is 1. The van der Waals surface area contributed by atoms with Crippen molar-refractivity contribution in [3.05, 3.63) is 44.8 Å². The second-order valence-electron chi connectivity index (χ2n) is 6.39. The molecule has 29 heavy (non-hydrogen) atoms. The number of fused-ring (bicyclic) bond motifs is 1. The topological polar surface area (TPSA) is 67.4 Å². The summed E-state index contributed by atoms with van der Waals surface area (Å²) in [7, 11) is 0. The molecular formula is C20H21ClN2O3S3. The van der Waals surface area contributed by atoms with Crippen LogP contribution in [0.5, 0.6) is 0 Å². The third kappa shape index (κ3) is 5.12. The molecule has 1 aromatic heterocycles. The fourth-order valence-electron chi connectivity index (χ4n) is 3.18. The normalized spacial score (nSPS) is 12.8. The SMILES string of the molecule is CCOC(=O)c1c(NC(=S)NC(=O)c2cc(SC)ccc2Cl)sc2c1CCCC2. The highest BCUT2D eigenvalue weighted by atomic mass is 35.5. The quantitative estimate of drug-likeness (QED) is 0.352. The molecule has 3 rings (SSSR count). The van der Waals surface area contributed by atoms with Crippen LogP contribution in [-0.2, 0) is 17.6 Å². The first-order valence-corrected chi connectivity index (χ1v) is 12.0. The molecule has 0 spiro atoms. The Morgan fingerprint density at radius 1 is 1.31 bits per heavy atom. The third-order valence-electron chi connectivity index (χ3n) is 4.52. The van der Waals surface area contributed by atoms with Gasteiger partial charge in [0.15, 0.2) is 5.11 Å². The molecule has 0 radical (unpaired) electrons. The Morgan fingerprint density at radius 2 is 2.07 bits per heavy atom. The van der Waals surface area contributed by atoms with Crippen molar-refractivity contribution in [1.82, 2.24) is 5.32 Å². The number of carbonyl (C=O) groups excluding carboxylic acids is 2. The highest BCUT2D eigenvalue weighted by Gasteiger charge is 2.27. The van der Waals surface area contributed by atoms with Gasteiger partial charge in [-0.3, -0.25) is 10.1 Å². The van der Waals surface area contributed by atoms with Gasteiger partial charge in [0, 0.05) is 9.77 Å². The molecule has 1 aromatic carbocycles. The zero-order chi connectivity index (χ0) is 21.0. The number of halogens is 1. The van der Waals surface area contributed by atoms with Crippen molar-refractivity contribution >= 4 is 68.9 Å². The first-order chi connectivity index (χ1) is 13.9. The van der Waals surface area contributed by atoms with E-state index in [0.717, 1.165) is 36.1 Å². The lowest BCUT2D eigenvalue weighted by Gasteiger charge is -2.13. The number of rotatable bonds is 5. The van der Waals surface area contributed by atoms with Gasteiger partial charge < -0.3 is 10.1 Å². The maximum atomic E-state index is 12.6. The number of hydrogen-bond acceptors (Lipinski definition) is 6. The lowest BCUT2D eigenvalue weighted by atomic mass is 9.95. The van der Waals surface area contributed by atoms with Gasteiger partial charge in [-0.25, -0.2) is 4.79 Å². The van der Waals surface area contributed by atoms with Crippen molar-refractivity contribution < 1.29 is 14.3 Å². The molecule has 154 valence electrons. The minimum absolute atomic E-state index is 0.116. The Balaban J connectivity index is 1.79. The summed E-state index contributed by atoms with van der Waals surface area (Å²) in [5, 5.41) is 6.76. The van der Waals surface area contributed by atoms with Crippen molar-refractivity contribution in [2.45, 2.75) is 37.5 Å². The maximum absolute atomic E-state index is 12.6. The molecule has 0 atom stereocenters. The zero-order valence-electron chi connectivity index (χ0n) is 16.1. The summed E-state index contributed by atoms with van der Waals surface area (Å²) in [6.07, 6.45) is 5.84. The fraction of sp³-hybridized carbons (Fsp3) is 0.350. The predicted molar refractivity (Wildman–Crippen MR) is 124 cm³/mol. The molecule has 0 unspecified atom stereocenters. The van der Waals surface area contributed by atoms with E-state index in [1.807, 2.05) is 12.3 Å². The number of ether oxygens (including phenoxy) is 1. The molecule has 5 nitrogen and oxygen atoms in total. The van der Waals surface area contributed by atoms with Crippen molar-refractivity contribution in [3.63, 3.8) is 0 Å². The summed E-state index contributed by atoms with van der Waals surface area (Å²) in [6, 6.07) is 5.26. The van der Waals surface area contributed by atoms with E-state index in [2.05, 4.69) is 10.6 Å².